The number of amides is 2. The summed E-state index contributed by atoms with van der Waals surface area (Å²) in [6.07, 6.45) is 2.84. The zero-order valence-electron chi connectivity index (χ0n) is 14.3. The van der Waals surface area contributed by atoms with Crippen LogP contribution >= 0.6 is 0 Å². The molecule has 6 heteroatoms. The van der Waals surface area contributed by atoms with Gasteiger partial charge < -0.3 is 10.6 Å². The van der Waals surface area contributed by atoms with Crippen molar-refractivity contribution in [3.8, 4) is 0 Å². The standard InChI is InChI=1S/C20H18N4O2/c1-14-7-9-16(10-8-14)19(25)24-18-17(21-11-12-22-18)20(26)23-13-15-5-3-2-4-6-15/h2-12H,13H2,1H3,(H,23,26)(H,22,24,25). The SMILES string of the molecule is Cc1ccc(C(=O)Nc2nccnc2C(=O)NCc2ccccc2)cc1. The lowest BCUT2D eigenvalue weighted by molar-refractivity contribution is 0.0946. The van der Waals surface area contributed by atoms with E-state index in [9.17, 15) is 9.59 Å². The molecule has 0 aliphatic heterocycles. The molecular formula is C20H18N4O2. The zero-order valence-corrected chi connectivity index (χ0v) is 14.3. The molecule has 0 radical (unpaired) electrons. The maximum Gasteiger partial charge on any atom is 0.274 e. The van der Waals surface area contributed by atoms with Crippen LogP contribution in [0.3, 0.4) is 0 Å². The Balaban J connectivity index is 1.72. The molecule has 0 aliphatic rings. The fraction of sp³-hybridized carbons (Fsp3) is 0.100. The van der Waals surface area contributed by atoms with Crippen molar-refractivity contribution < 1.29 is 9.59 Å². The van der Waals surface area contributed by atoms with Crippen LogP contribution in [0.5, 0.6) is 0 Å². The van der Waals surface area contributed by atoms with Gasteiger partial charge in [0.1, 0.15) is 0 Å². The van der Waals surface area contributed by atoms with E-state index < -0.39 is 5.91 Å². The first-order valence-electron chi connectivity index (χ1n) is 8.14. The summed E-state index contributed by atoms with van der Waals surface area (Å²) < 4.78 is 0. The van der Waals surface area contributed by atoms with Gasteiger partial charge in [-0.3, -0.25) is 9.59 Å². The molecule has 3 aromatic rings. The van der Waals surface area contributed by atoms with Crippen LogP contribution in [0.4, 0.5) is 5.82 Å². The highest BCUT2D eigenvalue weighted by atomic mass is 16.2. The Morgan fingerprint density at radius 1 is 0.885 bits per heavy atom. The number of hydrogen-bond donors (Lipinski definition) is 2. The predicted octanol–water partition coefficient (Wildman–Crippen LogP) is 2.97. The highest BCUT2D eigenvalue weighted by Gasteiger charge is 2.16. The first kappa shape index (κ1) is 17.3. The minimum Gasteiger partial charge on any atom is -0.347 e. The number of rotatable bonds is 5. The smallest absolute Gasteiger partial charge is 0.274 e. The van der Waals surface area contributed by atoms with Gasteiger partial charge in [-0.05, 0) is 24.6 Å². The van der Waals surface area contributed by atoms with Crippen LogP contribution in [0, 0.1) is 6.92 Å². The molecule has 0 fully saturated rings. The fourth-order valence-electron chi connectivity index (χ4n) is 2.34. The summed E-state index contributed by atoms with van der Waals surface area (Å²) in [6, 6.07) is 16.7. The number of carbonyl (C=O) groups is 2. The number of nitrogens with zero attached hydrogens (tertiary/aromatic N) is 2. The van der Waals surface area contributed by atoms with E-state index in [2.05, 4.69) is 20.6 Å². The number of aryl methyl sites for hydroxylation is 1. The van der Waals surface area contributed by atoms with Crippen molar-refractivity contribution in [3.63, 3.8) is 0 Å². The third-order valence-corrected chi connectivity index (χ3v) is 3.75. The van der Waals surface area contributed by atoms with Crippen molar-refractivity contribution in [2.45, 2.75) is 13.5 Å². The average Bonchev–Trinajstić information content (AvgIpc) is 2.68. The summed E-state index contributed by atoms with van der Waals surface area (Å²) >= 11 is 0. The zero-order chi connectivity index (χ0) is 18.4. The summed E-state index contributed by atoms with van der Waals surface area (Å²) in [5, 5.41) is 5.44. The van der Waals surface area contributed by atoms with Gasteiger partial charge in [0.05, 0.1) is 0 Å². The van der Waals surface area contributed by atoms with Gasteiger partial charge in [-0.25, -0.2) is 9.97 Å². The van der Waals surface area contributed by atoms with E-state index >= 15 is 0 Å². The number of hydrogen-bond acceptors (Lipinski definition) is 4. The van der Waals surface area contributed by atoms with E-state index in [0.717, 1.165) is 11.1 Å². The van der Waals surface area contributed by atoms with E-state index in [1.54, 1.807) is 12.1 Å². The Kier molecular flexibility index (Phi) is 5.34. The van der Waals surface area contributed by atoms with Gasteiger partial charge in [0.2, 0.25) is 0 Å². The first-order valence-corrected chi connectivity index (χ1v) is 8.14. The van der Waals surface area contributed by atoms with Crippen LogP contribution in [0.1, 0.15) is 32.0 Å². The van der Waals surface area contributed by atoms with Crippen LogP contribution in [-0.4, -0.2) is 21.8 Å². The van der Waals surface area contributed by atoms with Gasteiger partial charge in [-0.2, -0.15) is 0 Å². The molecule has 0 unspecified atom stereocenters. The van der Waals surface area contributed by atoms with Crippen molar-refractivity contribution in [3.05, 3.63) is 89.4 Å². The van der Waals surface area contributed by atoms with Crippen LogP contribution < -0.4 is 10.6 Å². The van der Waals surface area contributed by atoms with Crippen molar-refractivity contribution in [1.29, 1.82) is 0 Å². The maximum atomic E-state index is 12.4. The Morgan fingerprint density at radius 2 is 1.58 bits per heavy atom. The number of benzene rings is 2. The van der Waals surface area contributed by atoms with Gasteiger partial charge in [0.15, 0.2) is 11.5 Å². The van der Waals surface area contributed by atoms with Crippen molar-refractivity contribution >= 4 is 17.6 Å². The fourth-order valence-corrected chi connectivity index (χ4v) is 2.34. The number of carbonyl (C=O) groups excluding carboxylic acids is 2. The molecule has 1 heterocycles. The molecule has 130 valence electrons. The van der Waals surface area contributed by atoms with Crippen molar-refractivity contribution in [2.24, 2.45) is 0 Å². The molecule has 2 N–H and O–H groups in total. The predicted molar refractivity (Wildman–Crippen MR) is 98.8 cm³/mol. The molecule has 2 amide bonds. The second kappa shape index (κ2) is 8.02. The maximum absolute atomic E-state index is 12.4. The summed E-state index contributed by atoms with van der Waals surface area (Å²) in [6.45, 7) is 2.31. The minimum absolute atomic E-state index is 0.0730. The quantitative estimate of drug-likeness (QED) is 0.744. The Hall–Kier alpha value is -3.54. The summed E-state index contributed by atoms with van der Waals surface area (Å²) in [7, 11) is 0. The molecule has 0 aliphatic carbocycles. The third-order valence-electron chi connectivity index (χ3n) is 3.75. The highest BCUT2D eigenvalue weighted by Crippen LogP contribution is 2.12. The van der Waals surface area contributed by atoms with E-state index in [0.29, 0.717) is 12.1 Å². The topological polar surface area (TPSA) is 84.0 Å². The molecule has 0 bridgehead atoms. The van der Waals surface area contributed by atoms with E-state index in [1.165, 1.54) is 12.4 Å². The lowest BCUT2D eigenvalue weighted by Gasteiger charge is -2.10. The van der Waals surface area contributed by atoms with Crippen molar-refractivity contribution in [2.75, 3.05) is 5.32 Å². The Bertz CT molecular complexity index is 909. The second-order valence-corrected chi connectivity index (χ2v) is 5.74. The highest BCUT2D eigenvalue weighted by molar-refractivity contribution is 6.07. The van der Waals surface area contributed by atoms with Crippen LogP contribution in [0.15, 0.2) is 67.0 Å². The minimum atomic E-state index is -0.402. The summed E-state index contributed by atoms with van der Waals surface area (Å²) in [5.41, 5.74) is 2.58. The third kappa shape index (κ3) is 4.30. The number of nitrogens with one attached hydrogen (secondary N) is 2. The average molecular weight is 346 g/mol. The molecule has 26 heavy (non-hydrogen) atoms. The van der Waals surface area contributed by atoms with E-state index in [-0.39, 0.29) is 17.4 Å². The first-order chi connectivity index (χ1) is 12.6. The molecule has 3 rings (SSSR count). The largest absolute Gasteiger partial charge is 0.347 e. The van der Waals surface area contributed by atoms with Gasteiger partial charge in [-0.15, -0.1) is 0 Å². The molecule has 0 saturated carbocycles. The number of aromatic nitrogens is 2. The molecule has 1 aromatic heterocycles. The lowest BCUT2D eigenvalue weighted by Crippen LogP contribution is -2.26. The molecule has 0 spiro atoms. The van der Waals surface area contributed by atoms with E-state index in [4.69, 9.17) is 0 Å². The number of anilines is 1. The van der Waals surface area contributed by atoms with Crippen molar-refractivity contribution in [1.82, 2.24) is 15.3 Å². The second-order valence-electron chi connectivity index (χ2n) is 5.74. The summed E-state index contributed by atoms with van der Waals surface area (Å²) in [4.78, 5) is 33.0. The van der Waals surface area contributed by atoms with Crippen LogP contribution in [0.25, 0.3) is 0 Å². The lowest BCUT2D eigenvalue weighted by atomic mass is 10.1. The molecular weight excluding hydrogens is 328 g/mol. The molecule has 0 saturated heterocycles. The summed E-state index contributed by atoms with van der Waals surface area (Å²) in [5.74, 6) is -0.618. The molecule has 2 aromatic carbocycles. The van der Waals surface area contributed by atoms with Crippen LogP contribution in [-0.2, 0) is 6.54 Å². The Labute approximate surface area is 151 Å². The molecule has 6 nitrogen and oxygen atoms in total. The molecule has 0 atom stereocenters. The van der Waals surface area contributed by atoms with E-state index in [1.807, 2.05) is 49.4 Å². The normalized spacial score (nSPS) is 10.2. The van der Waals surface area contributed by atoms with Gasteiger partial charge in [0.25, 0.3) is 11.8 Å². The van der Waals surface area contributed by atoms with Gasteiger partial charge in [-0.1, -0.05) is 48.0 Å². The monoisotopic (exact) mass is 346 g/mol. The van der Waals surface area contributed by atoms with Gasteiger partial charge >= 0.3 is 0 Å². The van der Waals surface area contributed by atoms with Crippen LogP contribution in [0.2, 0.25) is 0 Å². The Morgan fingerprint density at radius 3 is 2.31 bits per heavy atom. The van der Waals surface area contributed by atoms with Gasteiger partial charge in [0, 0.05) is 24.5 Å².